The molecule has 0 saturated carbocycles. The van der Waals surface area contributed by atoms with Crippen LogP contribution in [0.15, 0.2) is 17.4 Å². The fourth-order valence-electron chi connectivity index (χ4n) is 0.382. The van der Waals surface area contributed by atoms with E-state index in [-0.39, 0.29) is 6.16 Å². The van der Waals surface area contributed by atoms with E-state index in [0.29, 0.717) is 0 Å². The van der Waals surface area contributed by atoms with E-state index < -0.39 is 6.49 Å². The first-order valence-corrected chi connectivity index (χ1v) is 6.21. The largest absolute Gasteiger partial charge is 0.285 e. The van der Waals surface area contributed by atoms with Crippen molar-refractivity contribution >= 4 is 24.0 Å². The van der Waals surface area contributed by atoms with Crippen LogP contribution in [0.1, 0.15) is 0 Å². The van der Waals surface area contributed by atoms with Crippen LogP contribution in [0.2, 0.25) is 0 Å². The van der Waals surface area contributed by atoms with Gasteiger partial charge in [-0.05, 0) is 6.26 Å². The van der Waals surface area contributed by atoms with Gasteiger partial charge in [-0.25, -0.2) is 4.79 Å². The molecule has 0 heterocycles. The number of carbonyl (C=O) groups excluding carboxylic acids is 1. The van der Waals surface area contributed by atoms with E-state index >= 15 is 0 Å². The van der Waals surface area contributed by atoms with Gasteiger partial charge in [-0.2, -0.15) is 0 Å². The summed E-state index contributed by atoms with van der Waals surface area (Å²) in [6.07, 6.45) is 4.67. The molecular formula is C5H8NO2PS. The fraction of sp³-hybridized carbons (Fsp3) is 0.400. The van der Waals surface area contributed by atoms with Gasteiger partial charge in [0.05, 0.1) is 0 Å². The van der Waals surface area contributed by atoms with Crippen LogP contribution in [0, 0.1) is 0 Å². The van der Waals surface area contributed by atoms with E-state index in [1.165, 1.54) is 12.2 Å². The van der Waals surface area contributed by atoms with Gasteiger partial charge in [-0.1, -0.05) is 17.5 Å². The molecular weight excluding hydrogens is 169 g/mol. The topological polar surface area (TPSA) is 46.5 Å². The summed E-state index contributed by atoms with van der Waals surface area (Å²) in [5.74, 6) is 0. The molecule has 0 spiro atoms. The fourth-order valence-corrected chi connectivity index (χ4v) is 2.25. The highest BCUT2D eigenvalue weighted by Crippen LogP contribution is 2.57. The first kappa shape index (κ1) is 9.70. The van der Waals surface area contributed by atoms with Gasteiger partial charge < -0.3 is 0 Å². The van der Waals surface area contributed by atoms with Gasteiger partial charge in [0, 0.05) is 6.16 Å². The molecule has 56 valence electrons. The average Bonchev–Trinajstić information content (AvgIpc) is 1.89. The molecule has 10 heavy (non-hydrogen) atoms. The average molecular weight is 177 g/mol. The zero-order valence-electron chi connectivity index (χ0n) is 5.61. The Morgan fingerprint density at radius 3 is 2.80 bits per heavy atom. The highest BCUT2D eigenvalue weighted by Gasteiger charge is 2.16. The number of nitrogens with zero attached hydrogens (tertiary/aromatic N) is 1. The Morgan fingerprint density at radius 2 is 2.50 bits per heavy atom. The van der Waals surface area contributed by atoms with Gasteiger partial charge in [0.2, 0.25) is 6.08 Å². The molecule has 0 rings (SSSR count). The second-order valence-electron chi connectivity index (χ2n) is 1.48. The Hall–Kier alpha value is -0.300. The highest BCUT2D eigenvalue weighted by atomic mass is 32.7. The lowest BCUT2D eigenvalue weighted by Gasteiger charge is -2.02. The van der Waals surface area contributed by atoms with Crippen LogP contribution in [0.4, 0.5) is 0 Å². The van der Waals surface area contributed by atoms with Gasteiger partial charge >= 0.3 is 0 Å². The Kier molecular flexibility index (Phi) is 4.37. The summed E-state index contributed by atoms with van der Waals surface area (Å²) < 4.78 is 14.5. The number of hydrogen-bond donors (Lipinski definition) is 0. The van der Waals surface area contributed by atoms with Crippen molar-refractivity contribution < 1.29 is 9.36 Å². The molecule has 0 amide bonds. The molecule has 3 nitrogen and oxygen atoms in total. The first-order valence-electron chi connectivity index (χ1n) is 2.53. The zero-order chi connectivity index (χ0) is 8.04. The Balaban J connectivity index is 4.37. The zero-order valence-corrected chi connectivity index (χ0v) is 7.32. The Morgan fingerprint density at radius 1 is 1.90 bits per heavy atom. The minimum absolute atomic E-state index is 0.253. The summed E-state index contributed by atoms with van der Waals surface area (Å²) in [4.78, 5) is 9.74. The third kappa shape index (κ3) is 3.02. The van der Waals surface area contributed by atoms with E-state index in [4.69, 9.17) is 0 Å². The molecule has 0 saturated heterocycles. The minimum atomic E-state index is -2.70. The second kappa shape index (κ2) is 4.51. The Bertz CT molecular complexity index is 210. The lowest BCUT2D eigenvalue weighted by Crippen LogP contribution is -1.75. The van der Waals surface area contributed by atoms with Crippen LogP contribution in [0.3, 0.4) is 0 Å². The van der Waals surface area contributed by atoms with Crippen molar-refractivity contribution in [2.75, 3.05) is 12.4 Å². The van der Waals surface area contributed by atoms with E-state index in [1.54, 1.807) is 6.26 Å². The van der Waals surface area contributed by atoms with Crippen molar-refractivity contribution in [3.8, 4) is 0 Å². The van der Waals surface area contributed by atoms with E-state index in [0.717, 1.165) is 11.4 Å². The number of hydrogen-bond acceptors (Lipinski definition) is 3. The van der Waals surface area contributed by atoms with Crippen LogP contribution >= 0.6 is 17.9 Å². The number of isocyanates is 1. The minimum Gasteiger partial charge on any atom is -0.285 e. The van der Waals surface area contributed by atoms with Crippen LogP contribution in [0.5, 0.6) is 0 Å². The van der Waals surface area contributed by atoms with Gasteiger partial charge in [-0.3, -0.25) is 4.57 Å². The third-order valence-electron chi connectivity index (χ3n) is 0.838. The summed E-state index contributed by atoms with van der Waals surface area (Å²) in [6, 6.07) is 0. The molecule has 0 radical (unpaired) electrons. The maximum atomic E-state index is 11.2. The first-order chi connectivity index (χ1) is 4.68. The summed E-state index contributed by atoms with van der Waals surface area (Å²) >= 11 is 1.08. The second-order valence-corrected chi connectivity index (χ2v) is 6.49. The predicted molar refractivity (Wildman–Crippen MR) is 44.3 cm³/mol. The van der Waals surface area contributed by atoms with Crippen molar-refractivity contribution in [2.45, 2.75) is 0 Å². The maximum Gasteiger partial charge on any atom is 0.257 e. The van der Waals surface area contributed by atoms with E-state index in [9.17, 15) is 9.36 Å². The molecule has 0 aromatic carbocycles. The lowest BCUT2D eigenvalue weighted by atomic mass is 10.8. The van der Waals surface area contributed by atoms with Crippen molar-refractivity contribution in [1.82, 2.24) is 0 Å². The summed E-state index contributed by atoms with van der Waals surface area (Å²) in [7, 11) is 0. The molecule has 5 heteroatoms. The van der Waals surface area contributed by atoms with Crippen LogP contribution < -0.4 is 0 Å². The molecule has 0 aliphatic carbocycles. The van der Waals surface area contributed by atoms with Gasteiger partial charge in [0.1, 0.15) is 0 Å². The molecule has 0 aromatic heterocycles. The molecule has 0 N–H and O–H groups in total. The molecule has 0 aliphatic rings. The quantitative estimate of drug-likeness (QED) is 0.286. The normalized spacial score (nSPS) is 14.9. The van der Waals surface area contributed by atoms with Gasteiger partial charge in [-0.15, -0.1) is 11.3 Å². The SMILES string of the molecule is C=CCP(=O)(N=C=O)SC. The molecule has 1 unspecified atom stereocenters. The Labute approximate surface area is 63.8 Å². The highest BCUT2D eigenvalue weighted by molar-refractivity contribution is 8.57. The number of allylic oxidation sites excluding steroid dienone is 1. The number of rotatable bonds is 4. The lowest BCUT2D eigenvalue weighted by molar-refractivity contribution is 0.564. The summed E-state index contributed by atoms with van der Waals surface area (Å²) in [5.41, 5.74) is 0. The molecule has 0 aliphatic heterocycles. The van der Waals surface area contributed by atoms with Gasteiger partial charge in [0.15, 0.2) is 0 Å². The summed E-state index contributed by atoms with van der Waals surface area (Å²) in [5, 5.41) is 0. The van der Waals surface area contributed by atoms with Crippen molar-refractivity contribution in [1.29, 1.82) is 0 Å². The third-order valence-corrected chi connectivity index (χ3v) is 4.92. The standard InChI is InChI=1S/C5H8NO2PS/c1-3-4-9(8,10-2)6-5-7/h3H,1,4H2,2H3. The van der Waals surface area contributed by atoms with E-state index in [1.807, 2.05) is 0 Å². The smallest absolute Gasteiger partial charge is 0.257 e. The van der Waals surface area contributed by atoms with Crippen molar-refractivity contribution in [3.05, 3.63) is 12.7 Å². The van der Waals surface area contributed by atoms with E-state index in [2.05, 4.69) is 11.3 Å². The van der Waals surface area contributed by atoms with Crippen LogP contribution in [-0.2, 0) is 9.36 Å². The molecule has 0 aromatic rings. The van der Waals surface area contributed by atoms with Crippen LogP contribution in [0.25, 0.3) is 0 Å². The van der Waals surface area contributed by atoms with Crippen LogP contribution in [-0.4, -0.2) is 18.5 Å². The molecule has 1 atom stereocenters. The predicted octanol–water partition coefficient (Wildman–Crippen LogP) is 2.06. The molecule has 0 fully saturated rings. The van der Waals surface area contributed by atoms with Crippen molar-refractivity contribution in [2.24, 2.45) is 4.76 Å². The monoisotopic (exact) mass is 177 g/mol. The summed E-state index contributed by atoms with van der Waals surface area (Å²) in [6.45, 7) is 0.700. The maximum absolute atomic E-state index is 11.2. The van der Waals surface area contributed by atoms with Crippen molar-refractivity contribution in [3.63, 3.8) is 0 Å². The molecule has 0 bridgehead atoms. The van der Waals surface area contributed by atoms with Gasteiger partial charge in [0.25, 0.3) is 6.49 Å².